The summed E-state index contributed by atoms with van der Waals surface area (Å²) >= 11 is 13.3. The third-order valence-electron chi connectivity index (χ3n) is 3.04. The Hall–Kier alpha value is -1.62. The number of hydrogen-bond donors (Lipinski definition) is 0. The van der Waals surface area contributed by atoms with Gasteiger partial charge >= 0.3 is 5.97 Å². The van der Waals surface area contributed by atoms with Crippen LogP contribution in [0.15, 0.2) is 30.3 Å². The number of benzene rings is 1. The summed E-state index contributed by atoms with van der Waals surface area (Å²) < 4.78 is 4.97. The van der Waals surface area contributed by atoms with Gasteiger partial charge in [0.25, 0.3) is 0 Å². The fraction of sp³-hybridized carbons (Fsp3) is 0.176. The van der Waals surface area contributed by atoms with Crippen LogP contribution in [0, 0.1) is 13.8 Å². The van der Waals surface area contributed by atoms with Gasteiger partial charge in [0.2, 0.25) is 5.78 Å². The van der Waals surface area contributed by atoms with E-state index < -0.39 is 5.97 Å². The second-order valence-corrected chi connectivity index (χ2v) is 7.14. The van der Waals surface area contributed by atoms with Crippen molar-refractivity contribution in [3.8, 4) is 0 Å². The van der Waals surface area contributed by atoms with Crippen LogP contribution in [0.2, 0.25) is 10.0 Å². The number of thiophene rings is 1. The average molecular weight is 369 g/mol. The van der Waals surface area contributed by atoms with E-state index in [0.717, 1.165) is 9.75 Å². The van der Waals surface area contributed by atoms with Gasteiger partial charge in [0.05, 0.1) is 10.0 Å². The number of carbonyl (C=O) groups excluding carboxylic acids is 2. The number of aryl methyl sites for hydroxylation is 2. The standard InChI is InChI=1S/C17H14Cl2O3S/c1-10-7-13(11(2)23-10)16(20)9-22-17(21)6-4-12-3-5-14(18)15(19)8-12/h3-8H,9H2,1-2H3/b6-4+. The molecule has 0 amide bonds. The molecule has 2 rings (SSSR count). The van der Waals surface area contributed by atoms with Crippen LogP contribution >= 0.6 is 34.5 Å². The zero-order valence-electron chi connectivity index (χ0n) is 12.6. The maximum Gasteiger partial charge on any atom is 0.331 e. The van der Waals surface area contributed by atoms with Gasteiger partial charge in [-0.15, -0.1) is 11.3 Å². The zero-order valence-corrected chi connectivity index (χ0v) is 14.9. The minimum absolute atomic E-state index is 0.205. The van der Waals surface area contributed by atoms with E-state index >= 15 is 0 Å². The van der Waals surface area contributed by atoms with Crippen LogP contribution in [0.3, 0.4) is 0 Å². The van der Waals surface area contributed by atoms with Crippen LogP contribution in [0.5, 0.6) is 0 Å². The Morgan fingerprint density at radius 2 is 1.91 bits per heavy atom. The fourth-order valence-electron chi connectivity index (χ4n) is 1.95. The Morgan fingerprint density at radius 1 is 1.17 bits per heavy atom. The summed E-state index contributed by atoms with van der Waals surface area (Å²) in [6.07, 6.45) is 2.80. The lowest BCUT2D eigenvalue weighted by atomic mass is 10.2. The molecule has 3 nitrogen and oxygen atoms in total. The van der Waals surface area contributed by atoms with Crippen LogP contribution in [-0.4, -0.2) is 18.4 Å². The molecule has 0 saturated carbocycles. The summed E-state index contributed by atoms with van der Waals surface area (Å²) in [5.41, 5.74) is 1.32. The number of esters is 1. The van der Waals surface area contributed by atoms with Crippen LogP contribution in [-0.2, 0) is 9.53 Å². The van der Waals surface area contributed by atoms with E-state index in [1.54, 1.807) is 35.6 Å². The second kappa shape index (κ2) is 7.77. The van der Waals surface area contributed by atoms with Crippen LogP contribution in [0.4, 0.5) is 0 Å². The molecule has 0 aliphatic carbocycles. The van der Waals surface area contributed by atoms with E-state index in [1.807, 2.05) is 19.9 Å². The number of ketones is 1. The minimum Gasteiger partial charge on any atom is -0.454 e. The third kappa shape index (κ3) is 4.93. The molecular formula is C17H14Cl2O3S. The van der Waals surface area contributed by atoms with Crippen LogP contribution in [0.25, 0.3) is 6.08 Å². The summed E-state index contributed by atoms with van der Waals surface area (Å²) in [5.74, 6) is -0.794. The molecule has 0 spiro atoms. The lowest BCUT2D eigenvalue weighted by Crippen LogP contribution is -2.12. The molecule has 1 aromatic carbocycles. The number of carbonyl (C=O) groups is 2. The molecule has 0 unspecified atom stereocenters. The first-order valence-corrected chi connectivity index (χ1v) is 8.34. The van der Waals surface area contributed by atoms with E-state index in [2.05, 4.69) is 0 Å². The van der Waals surface area contributed by atoms with Crippen molar-refractivity contribution in [3.63, 3.8) is 0 Å². The minimum atomic E-state index is -0.589. The summed E-state index contributed by atoms with van der Waals surface area (Å²) in [6.45, 7) is 3.53. The first kappa shape index (κ1) is 17.7. The SMILES string of the molecule is Cc1cc(C(=O)COC(=O)/C=C/c2ccc(Cl)c(Cl)c2)c(C)s1. The third-order valence-corrected chi connectivity index (χ3v) is 4.75. The van der Waals surface area contributed by atoms with Crippen molar-refractivity contribution in [2.24, 2.45) is 0 Å². The first-order chi connectivity index (χ1) is 10.9. The molecule has 1 heterocycles. The van der Waals surface area contributed by atoms with Crippen molar-refractivity contribution in [2.75, 3.05) is 6.61 Å². The zero-order chi connectivity index (χ0) is 17.0. The molecule has 6 heteroatoms. The first-order valence-electron chi connectivity index (χ1n) is 6.77. The number of hydrogen-bond acceptors (Lipinski definition) is 4. The van der Waals surface area contributed by atoms with Gasteiger partial charge in [0.15, 0.2) is 6.61 Å². The molecule has 0 saturated heterocycles. The van der Waals surface area contributed by atoms with Crippen molar-refractivity contribution in [3.05, 3.63) is 61.3 Å². The Morgan fingerprint density at radius 3 is 2.52 bits per heavy atom. The van der Waals surface area contributed by atoms with Crippen molar-refractivity contribution < 1.29 is 14.3 Å². The van der Waals surface area contributed by atoms with Crippen molar-refractivity contribution in [2.45, 2.75) is 13.8 Å². The molecule has 0 aliphatic rings. The van der Waals surface area contributed by atoms with Crippen molar-refractivity contribution >= 4 is 52.4 Å². The molecule has 120 valence electrons. The van der Waals surface area contributed by atoms with Gasteiger partial charge in [-0.05, 0) is 43.7 Å². The lowest BCUT2D eigenvalue weighted by Gasteiger charge is -2.01. The van der Waals surface area contributed by atoms with E-state index in [4.69, 9.17) is 27.9 Å². The van der Waals surface area contributed by atoms with Crippen LogP contribution in [0.1, 0.15) is 25.7 Å². The van der Waals surface area contributed by atoms with Crippen molar-refractivity contribution in [1.82, 2.24) is 0 Å². The summed E-state index contributed by atoms with van der Waals surface area (Å²) in [7, 11) is 0. The highest BCUT2D eigenvalue weighted by atomic mass is 35.5. The fourth-order valence-corrected chi connectivity index (χ4v) is 3.20. The van der Waals surface area contributed by atoms with Gasteiger partial charge < -0.3 is 4.74 Å². The highest BCUT2D eigenvalue weighted by Crippen LogP contribution is 2.23. The van der Waals surface area contributed by atoms with E-state index in [-0.39, 0.29) is 12.4 Å². The normalized spacial score (nSPS) is 11.0. The number of rotatable bonds is 5. The molecule has 2 aromatic rings. The highest BCUT2D eigenvalue weighted by molar-refractivity contribution is 7.12. The quantitative estimate of drug-likeness (QED) is 0.418. The molecule has 0 fully saturated rings. The monoisotopic (exact) mass is 368 g/mol. The van der Waals surface area contributed by atoms with Crippen LogP contribution < -0.4 is 0 Å². The van der Waals surface area contributed by atoms with E-state index in [1.165, 1.54) is 6.08 Å². The molecular weight excluding hydrogens is 355 g/mol. The molecule has 0 radical (unpaired) electrons. The van der Waals surface area contributed by atoms with Gasteiger partial charge in [-0.1, -0.05) is 29.3 Å². The van der Waals surface area contributed by atoms with E-state index in [9.17, 15) is 9.59 Å². The van der Waals surface area contributed by atoms with E-state index in [0.29, 0.717) is 21.2 Å². The number of halogens is 2. The van der Waals surface area contributed by atoms with Crippen molar-refractivity contribution in [1.29, 1.82) is 0 Å². The average Bonchev–Trinajstić information content (AvgIpc) is 2.84. The smallest absolute Gasteiger partial charge is 0.331 e. The molecule has 0 bridgehead atoms. The lowest BCUT2D eigenvalue weighted by molar-refractivity contribution is -0.136. The molecule has 1 aromatic heterocycles. The molecule has 0 aliphatic heterocycles. The van der Waals surface area contributed by atoms with Gasteiger partial charge in [0.1, 0.15) is 0 Å². The predicted molar refractivity (Wildman–Crippen MR) is 94.6 cm³/mol. The predicted octanol–water partition coefficient (Wildman–Crippen LogP) is 5.11. The molecule has 0 atom stereocenters. The number of ether oxygens (including phenoxy) is 1. The summed E-state index contributed by atoms with van der Waals surface area (Å²) in [5, 5.41) is 0.846. The van der Waals surface area contributed by atoms with Gasteiger partial charge in [-0.25, -0.2) is 4.79 Å². The van der Waals surface area contributed by atoms with Gasteiger partial charge in [-0.3, -0.25) is 4.79 Å². The van der Waals surface area contributed by atoms with Gasteiger partial charge in [-0.2, -0.15) is 0 Å². The molecule has 23 heavy (non-hydrogen) atoms. The Kier molecular flexibility index (Phi) is 5.99. The largest absolute Gasteiger partial charge is 0.454 e. The Labute approximate surface area is 148 Å². The summed E-state index contributed by atoms with van der Waals surface area (Å²) in [4.78, 5) is 25.7. The highest BCUT2D eigenvalue weighted by Gasteiger charge is 2.13. The maximum absolute atomic E-state index is 12.0. The maximum atomic E-state index is 12.0. The molecule has 0 N–H and O–H groups in total. The Bertz CT molecular complexity index is 778. The second-order valence-electron chi connectivity index (χ2n) is 4.86. The Balaban J connectivity index is 1.92. The number of Topliss-reactive ketones (excluding diaryl/α,β-unsaturated/α-hetero) is 1. The topological polar surface area (TPSA) is 43.4 Å². The van der Waals surface area contributed by atoms with Gasteiger partial charge in [0, 0.05) is 21.4 Å². The summed E-state index contributed by atoms with van der Waals surface area (Å²) in [6, 6.07) is 6.80.